The fourth-order valence-electron chi connectivity index (χ4n) is 5.38. The Morgan fingerprint density at radius 2 is 1.68 bits per heavy atom. The van der Waals surface area contributed by atoms with E-state index in [1.807, 2.05) is 9.80 Å². The summed E-state index contributed by atoms with van der Waals surface area (Å²) >= 11 is 0. The van der Waals surface area contributed by atoms with Crippen molar-refractivity contribution < 1.29 is 9.80 Å². The topological polar surface area (TPSA) is 8.88 Å². The zero-order valence-corrected chi connectivity index (χ0v) is 12.2. The third kappa shape index (κ3) is 2.50. The van der Waals surface area contributed by atoms with Crippen LogP contribution >= 0.6 is 0 Å². The molecule has 0 radical (unpaired) electrons. The molecular formula is C17H30N2+2. The summed E-state index contributed by atoms with van der Waals surface area (Å²) in [4.78, 5) is 3.88. The highest BCUT2D eigenvalue weighted by Crippen LogP contribution is 2.42. The van der Waals surface area contributed by atoms with E-state index in [1.54, 1.807) is 0 Å². The lowest BCUT2D eigenvalue weighted by molar-refractivity contribution is -0.952. The molecule has 2 aliphatic heterocycles. The van der Waals surface area contributed by atoms with Crippen molar-refractivity contribution in [2.24, 2.45) is 17.8 Å². The van der Waals surface area contributed by atoms with E-state index < -0.39 is 0 Å². The van der Waals surface area contributed by atoms with Gasteiger partial charge in [-0.15, -0.1) is 0 Å². The summed E-state index contributed by atoms with van der Waals surface area (Å²) in [6.07, 6.45) is 14.0. The van der Waals surface area contributed by atoms with Crippen molar-refractivity contribution in [3.63, 3.8) is 0 Å². The average Bonchev–Trinajstić information content (AvgIpc) is 3.17. The molecule has 2 heterocycles. The molecule has 0 aromatic rings. The summed E-state index contributed by atoms with van der Waals surface area (Å²) in [5.74, 6) is 2.95. The molecule has 2 heteroatoms. The maximum absolute atomic E-state index is 2.53. The normalized spacial score (nSPS) is 46.2. The lowest BCUT2D eigenvalue weighted by Gasteiger charge is -2.34. The minimum Gasteiger partial charge on any atom is -0.334 e. The molecule has 2 N–H and O–H groups in total. The minimum absolute atomic E-state index is 0.958. The van der Waals surface area contributed by atoms with Gasteiger partial charge >= 0.3 is 0 Å². The maximum Gasteiger partial charge on any atom is 0.0983 e. The summed E-state index contributed by atoms with van der Waals surface area (Å²) in [5, 5.41) is 0. The van der Waals surface area contributed by atoms with Gasteiger partial charge in [-0.05, 0) is 24.7 Å². The summed E-state index contributed by atoms with van der Waals surface area (Å²) in [6, 6.07) is 1.02. The van der Waals surface area contributed by atoms with E-state index in [2.05, 4.69) is 12.2 Å². The van der Waals surface area contributed by atoms with Gasteiger partial charge in [-0.1, -0.05) is 12.2 Å². The molecule has 1 saturated carbocycles. The molecule has 2 nitrogen and oxygen atoms in total. The highest BCUT2D eigenvalue weighted by molar-refractivity contribution is 5.09. The van der Waals surface area contributed by atoms with Crippen LogP contribution in [0.25, 0.3) is 0 Å². The predicted octanol–water partition coefficient (Wildman–Crippen LogP) is -0.0754. The lowest BCUT2D eigenvalue weighted by atomic mass is 9.92. The Morgan fingerprint density at radius 1 is 0.895 bits per heavy atom. The largest absolute Gasteiger partial charge is 0.334 e. The van der Waals surface area contributed by atoms with Crippen molar-refractivity contribution in [2.45, 2.75) is 44.6 Å². The van der Waals surface area contributed by atoms with E-state index in [1.165, 1.54) is 71.2 Å². The highest BCUT2D eigenvalue weighted by Gasteiger charge is 2.39. The molecule has 4 rings (SSSR count). The van der Waals surface area contributed by atoms with Gasteiger partial charge in [0.05, 0.1) is 38.8 Å². The number of nitrogens with one attached hydrogen (secondary N) is 2. The number of allylic oxidation sites excluding steroid dienone is 2. The quantitative estimate of drug-likeness (QED) is 0.659. The van der Waals surface area contributed by atoms with Gasteiger partial charge in [0.2, 0.25) is 0 Å². The van der Waals surface area contributed by atoms with E-state index in [4.69, 9.17) is 0 Å². The van der Waals surface area contributed by atoms with Gasteiger partial charge in [0.15, 0.2) is 0 Å². The molecule has 2 saturated heterocycles. The van der Waals surface area contributed by atoms with E-state index in [-0.39, 0.29) is 0 Å². The van der Waals surface area contributed by atoms with Crippen molar-refractivity contribution >= 4 is 0 Å². The first-order chi connectivity index (χ1) is 9.38. The number of hydrogen-bond acceptors (Lipinski definition) is 0. The van der Waals surface area contributed by atoms with Crippen LogP contribution in [-0.2, 0) is 0 Å². The second-order valence-corrected chi connectivity index (χ2v) is 7.63. The Labute approximate surface area is 117 Å². The molecule has 2 bridgehead atoms. The van der Waals surface area contributed by atoms with Crippen LogP contribution in [0.2, 0.25) is 0 Å². The molecule has 106 valence electrons. The summed E-state index contributed by atoms with van der Waals surface area (Å²) in [6.45, 7) is 7.35. The zero-order valence-electron chi connectivity index (χ0n) is 12.2. The van der Waals surface area contributed by atoms with Crippen molar-refractivity contribution in [1.82, 2.24) is 0 Å². The molecule has 19 heavy (non-hydrogen) atoms. The third-order valence-electron chi connectivity index (χ3n) is 6.48. The summed E-state index contributed by atoms with van der Waals surface area (Å²) in [5.41, 5.74) is 0. The second-order valence-electron chi connectivity index (χ2n) is 7.63. The van der Waals surface area contributed by atoms with Crippen LogP contribution in [0, 0.1) is 17.8 Å². The van der Waals surface area contributed by atoms with E-state index in [9.17, 15) is 0 Å². The molecule has 3 atom stereocenters. The molecule has 0 aromatic carbocycles. The number of rotatable bonds is 3. The van der Waals surface area contributed by atoms with Crippen LogP contribution in [0.4, 0.5) is 0 Å². The van der Waals surface area contributed by atoms with Crippen LogP contribution in [0.3, 0.4) is 0 Å². The standard InChI is InChI=1S/C17H28N2/c1-2-8-19(7-1)17-5-9-18(10-6-17)13-16-12-14-3-4-15(16)11-14/h3-4,14-17H,1-2,5-13H2/p+2/t14-,15+,16-/m0/s1. The lowest BCUT2D eigenvalue weighted by Crippen LogP contribution is -3.20. The van der Waals surface area contributed by atoms with Crippen molar-refractivity contribution in [3.05, 3.63) is 12.2 Å². The smallest absolute Gasteiger partial charge is 0.0983 e. The Bertz CT molecular complexity index is 337. The van der Waals surface area contributed by atoms with E-state index in [0.717, 1.165) is 23.8 Å². The van der Waals surface area contributed by atoms with Crippen LogP contribution in [0.1, 0.15) is 38.5 Å². The Hall–Kier alpha value is -0.340. The maximum atomic E-state index is 2.53. The third-order valence-corrected chi connectivity index (χ3v) is 6.48. The molecule has 0 amide bonds. The fourth-order valence-corrected chi connectivity index (χ4v) is 5.38. The van der Waals surface area contributed by atoms with Crippen LogP contribution in [-0.4, -0.2) is 38.8 Å². The van der Waals surface area contributed by atoms with Crippen molar-refractivity contribution in [2.75, 3.05) is 32.7 Å². The van der Waals surface area contributed by atoms with Gasteiger partial charge in [-0.25, -0.2) is 0 Å². The number of likely N-dealkylation sites (tertiary alicyclic amines) is 2. The number of quaternary nitrogens is 2. The fraction of sp³-hybridized carbons (Fsp3) is 0.882. The molecule has 2 aliphatic carbocycles. The molecule has 0 spiro atoms. The zero-order chi connectivity index (χ0) is 12.7. The second kappa shape index (κ2) is 5.21. The first-order valence-electron chi connectivity index (χ1n) is 8.75. The van der Waals surface area contributed by atoms with Gasteiger partial charge in [0.1, 0.15) is 0 Å². The van der Waals surface area contributed by atoms with Gasteiger partial charge in [-0.3, -0.25) is 0 Å². The SMILES string of the molecule is C1=C[C@@H]2C[C@H]1C[C@H]2C[NH+]1CCC([NH+]2CCCC2)CC1. The molecule has 0 aromatic heterocycles. The Kier molecular flexibility index (Phi) is 3.40. The predicted molar refractivity (Wildman–Crippen MR) is 77.4 cm³/mol. The molecule has 0 unspecified atom stereocenters. The first-order valence-corrected chi connectivity index (χ1v) is 8.75. The molecular weight excluding hydrogens is 232 g/mol. The van der Waals surface area contributed by atoms with Gasteiger partial charge in [0.25, 0.3) is 0 Å². The number of hydrogen-bond donors (Lipinski definition) is 2. The van der Waals surface area contributed by atoms with Gasteiger partial charge in [-0.2, -0.15) is 0 Å². The van der Waals surface area contributed by atoms with Crippen LogP contribution in [0.15, 0.2) is 12.2 Å². The number of piperidine rings is 1. The van der Waals surface area contributed by atoms with Crippen LogP contribution < -0.4 is 9.80 Å². The van der Waals surface area contributed by atoms with Gasteiger partial charge in [0, 0.05) is 31.6 Å². The van der Waals surface area contributed by atoms with Crippen molar-refractivity contribution in [3.8, 4) is 0 Å². The van der Waals surface area contributed by atoms with Crippen molar-refractivity contribution in [1.29, 1.82) is 0 Å². The van der Waals surface area contributed by atoms with Crippen LogP contribution in [0.5, 0.6) is 0 Å². The summed E-state index contributed by atoms with van der Waals surface area (Å²) < 4.78 is 0. The first kappa shape index (κ1) is 12.4. The Morgan fingerprint density at radius 3 is 2.32 bits per heavy atom. The summed E-state index contributed by atoms with van der Waals surface area (Å²) in [7, 11) is 0. The molecule has 4 aliphatic rings. The van der Waals surface area contributed by atoms with E-state index >= 15 is 0 Å². The Balaban J connectivity index is 1.25. The highest BCUT2D eigenvalue weighted by atomic mass is 15.2. The molecule has 3 fully saturated rings. The van der Waals surface area contributed by atoms with Gasteiger partial charge < -0.3 is 9.80 Å². The monoisotopic (exact) mass is 262 g/mol. The van der Waals surface area contributed by atoms with E-state index in [0.29, 0.717) is 0 Å². The minimum atomic E-state index is 0.958. The average molecular weight is 262 g/mol. The number of fused-ring (bicyclic) bond motifs is 2.